The number of ether oxygens (including phenoxy) is 3. The molecule has 2 saturated heterocycles. The Labute approximate surface area is 245 Å². The first-order chi connectivity index (χ1) is 19.0. The lowest BCUT2D eigenvalue weighted by atomic mass is 9.78. The molecule has 2 heterocycles. The van der Waals surface area contributed by atoms with Crippen LogP contribution in [0.2, 0.25) is 0 Å². The molecule has 0 aromatic heterocycles. The summed E-state index contributed by atoms with van der Waals surface area (Å²) in [5.74, 6) is -3.49. The van der Waals surface area contributed by atoms with Gasteiger partial charge in [-0.3, -0.25) is 4.79 Å². The van der Waals surface area contributed by atoms with Crippen molar-refractivity contribution in [2.24, 2.45) is 17.3 Å². The van der Waals surface area contributed by atoms with Crippen LogP contribution in [0.3, 0.4) is 0 Å². The van der Waals surface area contributed by atoms with Crippen LogP contribution in [0.25, 0.3) is 0 Å². The predicted octanol–water partition coefficient (Wildman–Crippen LogP) is 2.59. The molecular formula is C31H56O10. The highest BCUT2D eigenvalue weighted by Crippen LogP contribution is 2.40. The number of hydrogen-bond acceptors (Lipinski definition) is 10. The molecule has 6 N–H and O–H groups in total. The summed E-state index contributed by atoms with van der Waals surface area (Å²) in [6.45, 7) is 15.1. The smallest absolute Gasteiger partial charge is 0.311 e. The van der Waals surface area contributed by atoms with Gasteiger partial charge in [0.2, 0.25) is 0 Å². The van der Waals surface area contributed by atoms with Gasteiger partial charge in [0.25, 0.3) is 0 Å². The standard InChI is InChI=1S/C31H56O10/c1-8-9-12-21(32)15-18(2)16-24-26(35)25(34)20(4)27(40-24)28(36)31(38)17-22(33)19(3)23(41-31)13-10-11-14-39-29(37)30(5,6)7/h19-28,32-36,38H,2,8-17H2,1,3-7H3/t19-,20-,21+,22+,23-,24-,25+,26-,27-,28+,31-/m1/s1. The molecule has 2 fully saturated rings. The number of unbranched alkanes of at least 4 members (excludes halogenated alkanes) is 2. The normalized spacial score (nSPS) is 36.0. The Morgan fingerprint density at radius 2 is 1.71 bits per heavy atom. The Balaban J connectivity index is 2.04. The molecular weight excluding hydrogens is 532 g/mol. The first-order valence-corrected chi connectivity index (χ1v) is 15.3. The van der Waals surface area contributed by atoms with E-state index >= 15 is 0 Å². The molecule has 0 amide bonds. The molecule has 0 aromatic carbocycles. The topological polar surface area (TPSA) is 166 Å². The van der Waals surface area contributed by atoms with Crippen molar-refractivity contribution in [3.63, 3.8) is 0 Å². The van der Waals surface area contributed by atoms with Gasteiger partial charge in [-0.25, -0.2) is 0 Å². The van der Waals surface area contributed by atoms with Crippen molar-refractivity contribution in [3.05, 3.63) is 12.2 Å². The summed E-state index contributed by atoms with van der Waals surface area (Å²) in [4.78, 5) is 12.0. The number of hydrogen-bond donors (Lipinski definition) is 6. The summed E-state index contributed by atoms with van der Waals surface area (Å²) in [5.41, 5.74) is 0.0692. The van der Waals surface area contributed by atoms with Gasteiger partial charge >= 0.3 is 5.97 Å². The summed E-state index contributed by atoms with van der Waals surface area (Å²) in [7, 11) is 0. The minimum Gasteiger partial charge on any atom is -0.465 e. The van der Waals surface area contributed by atoms with Crippen LogP contribution in [0.15, 0.2) is 12.2 Å². The molecule has 0 unspecified atom stereocenters. The molecule has 240 valence electrons. The highest BCUT2D eigenvalue weighted by molar-refractivity contribution is 5.75. The summed E-state index contributed by atoms with van der Waals surface area (Å²) in [6, 6.07) is 0. The third-order valence-electron chi connectivity index (χ3n) is 8.58. The Kier molecular flexibility index (Phi) is 13.7. The Morgan fingerprint density at radius 3 is 2.32 bits per heavy atom. The van der Waals surface area contributed by atoms with Crippen LogP contribution in [0.4, 0.5) is 0 Å². The van der Waals surface area contributed by atoms with Crippen LogP contribution in [0, 0.1) is 17.3 Å². The lowest BCUT2D eigenvalue weighted by Crippen LogP contribution is -2.65. The van der Waals surface area contributed by atoms with Crippen LogP contribution in [0.5, 0.6) is 0 Å². The quantitative estimate of drug-likeness (QED) is 0.101. The van der Waals surface area contributed by atoms with Crippen molar-refractivity contribution in [1.82, 2.24) is 0 Å². The fourth-order valence-electron chi connectivity index (χ4n) is 5.65. The maximum absolute atomic E-state index is 12.0. The SMILES string of the molecule is C=C(C[C@@H](O)CCCC)C[C@H]1O[C@@H]([C@H](O)[C@@]2(O)C[C@H](O)[C@@H](C)[C@@H](CCCCOC(=O)C(C)(C)C)O2)[C@H](C)[C@H](O)[C@@H]1O. The minimum atomic E-state index is -2.14. The van der Waals surface area contributed by atoms with Crippen molar-refractivity contribution in [2.75, 3.05) is 6.61 Å². The third kappa shape index (κ3) is 9.96. The summed E-state index contributed by atoms with van der Waals surface area (Å²) < 4.78 is 17.4. The average molecular weight is 589 g/mol. The maximum Gasteiger partial charge on any atom is 0.311 e. The van der Waals surface area contributed by atoms with Gasteiger partial charge in [0.15, 0.2) is 5.79 Å². The van der Waals surface area contributed by atoms with E-state index in [9.17, 15) is 35.4 Å². The van der Waals surface area contributed by atoms with Crippen LogP contribution in [-0.2, 0) is 19.0 Å². The molecule has 0 bridgehead atoms. The van der Waals surface area contributed by atoms with E-state index in [1.54, 1.807) is 27.7 Å². The van der Waals surface area contributed by atoms with Gasteiger partial charge in [-0.2, -0.15) is 0 Å². The number of aliphatic hydroxyl groups excluding tert-OH is 5. The number of rotatable bonds is 14. The number of esters is 1. The molecule has 0 saturated carbocycles. The molecule has 2 aliphatic rings. The van der Waals surface area contributed by atoms with Gasteiger partial charge in [0.1, 0.15) is 12.2 Å². The lowest BCUT2D eigenvalue weighted by molar-refractivity contribution is -0.350. The first-order valence-electron chi connectivity index (χ1n) is 15.3. The molecule has 41 heavy (non-hydrogen) atoms. The van der Waals surface area contributed by atoms with Crippen molar-refractivity contribution >= 4 is 5.97 Å². The summed E-state index contributed by atoms with van der Waals surface area (Å²) in [5, 5.41) is 65.4. The van der Waals surface area contributed by atoms with Crippen molar-refractivity contribution in [1.29, 1.82) is 0 Å². The second-order valence-corrected chi connectivity index (χ2v) is 13.4. The third-order valence-corrected chi connectivity index (χ3v) is 8.58. The highest BCUT2D eigenvalue weighted by Gasteiger charge is 2.55. The van der Waals surface area contributed by atoms with E-state index in [4.69, 9.17) is 14.2 Å². The number of carbonyl (C=O) groups is 1. The second-order valence-electron chi connectivity index (χ2n) is 13.4. The fraction of sp³-hybridized carbons (Fsp3) is 0.903. The van der Waals surface area contributed by atoms with Gasteiger partial charge in [-0.15, -0.1) is 0 Å². The zero-order valence-electron chi connectivity index (χ0n) is 25.9. The average Bonchev–Trinajstić information content (AvgIpc) is 2.89. The Morgan fingerprint density at radius 1 is 1.05 bits per heavy atom. The van der Waals surface area contributed by atoms with Crippen LogP contribution in [0.1, 0.15) is 99.3 Å². The van der Waals surface area contributed by atoms with Gasteiger partial charge in [-0.1, -0.05) is 45.8 Å². The van der Waals surface area contributed by atoms with E-state index < -0.39 is 66.0 Å². The molecule has 0 spiro atoms. The van der Waals surface area contributed by atoms with E-state index in [0.717, 1.165) is 12.8 Å². The van der Waals surface area contributed by atoms with E-state index in [0.29, 0.717) is 37.7 Å². The van der Waals surface area contributed by atoms with Crippen LogP contribution < -0.4 is 0 Å². The monoisotopic (exact) mass is 588 g/mol. The van der Waals surface area contributed by atoms with E-state index in [1.807, 2.05) is 13.8 Å². The molecule has 2 aliphatic heterocycles. The van der Waals surface area contributed by atoms with E-state index in [1.165, 1.54) is 0 Å². The number of aliphatic hydroxyl groups is 6. The van der Waals surface area contributed by atoms with Crippen LogP contribution >= 0.6 is 0 Å². The molecule has 0 aromatic rings. The van der Waals surface area contributed by atoms with Crippen LogP contribution in [-0.4, -0.2) is 97.8 Å². The van der Waals surface area contributed by atoms with Crippen molar-refractivity contribution in [3.8, 4) is 0 Å². The van der Waals surface area contributed by atoms with Crippen molar-refractivity contribution < 1.29 is 49.6 Å². The summed E-state index contributed by atoms with van der Waals surface area (Å²) >= 11 is 0. The molecule has 2 rings (SSSR count). The zero-order valence-corrected chi connectivity index (χ0v) is 25.9. The molecule has 10 nitrogen and oxygen atoms in total. The van der Waals surface area contributed by atoms with Crippen molar-refractivity contribution in [2.45, 2.75) is 154 Å². The highest BCUT2D eigenvalue weighted by atomic mass is 16.7. The minimum absolute atomic E-state index is 0.165. The Hall–Kier alpha value is -1.11. The Bertz CT molecular complexity index is 828. The first kappa shape index (κ1) is 36.1. The molecule has 0 aliphatic carbocycles. The van der Waals surface area contributed by atoms with Gasteiger partial charge in [0.05, 0.1) is 48.6 Å². The maximum atomic E-state index is 12.0. The largest absolute Gasteiger partial charge is 0.465 e. The van der Waals surface area contributed by atoms with E-state index in [2.05, 4.69) is 6.58 Å². The summed E-state index contributed by atoms with van der Waals surface area (Å²) in [6.07, 6.45) is -3.82. The van der Waals surface area contributed by atoms with Gasteiger partial charge in [-0.05, 0) is 59.3 Å². The van der Waals surface area contributed by atoms with Gasteiger partial charge in [0, 0.05) is 18.3 Å². The fourth-order valence-corrected chi connectivity index (χ4v) is 5.65. The van der Waals surface area contributed by atoms with Gasteiger partial charge < -0.3 is 44.8 Å². The predicted molar refractivity (Wildman–Crippen MR) is 154 cm³/mol. The zero-order chi connectivity index (χ0) is 31.1. The van der Waals surface area contributed by atoms with E-state index in [-0.39, 0.29) is 31.3 Å². The molecule has 0 radical (unpaired) electrons. The molecule has 10 heteroatoms. The molecule has 11 atom stereocenters. The lowest BCUT2D eigenvalue weighted by Gasteiger charge is -2.50. The number of carbonyl (C=O) groups excluding carboxylic acids is 1. The second kappa shape index (κ2) is 15.6.